The summed E-state index contributed by atoms with van der Waals surface area (Å²) in [6.45, 7) is 4.25. The predicted molar refractivity (Wildman–Crippen MR) is 68.8 cm³/mol. The van der Waals surface area contributed by atoms with Crippen LogP contribution < -0.4 is 0 Å². The van der Waals surface area contributed by atoms with Crippen molar-refractivity contribution in [2.24, 2.45) is 0 Å². The van der Waals surface area contributed by atoms with Crippen LogP contribution in [0.15, 0.2) is 0 Å². The summed E-state index contributed by atoms with van der Waals surface area (Å²) in [5.41, 5.74) is -0.530. The van der Waals surface area contributed by atoms with Crippen molar-refractivity contribution >= 4 is 10.0 Å². The molecular formula is C12H23NO4S. The Hall–Kier alpha value is -0.170. The Morgan fingerprint density at radius 3 is 2.50 bits per heavy atom. The molecule has 0 bridgehead atoms. The van der Waals surface area contributed by atoms with Crippen LogP contribution >= 0.6 is 0 Å². The zero-order valence-corrected chi connectivity index (χ0v) is 11.9. The zero-order chi connectivity index (χ0) is 13.4. The maximum absolute atomic E-state index is 12.5. The third-order valence-electron chi connectivity index (χ3n) is 3.74. The van der Waals surface area contributed by atoms with Gasteiger partial charge in [0.1, 0.15) is 0 Å². The van der Waals surface area contributed by atoms with E-state index in [0.717, 1.165) is 25.7 Å². The van der Waals surface area contributed by atoms with Gasteiger partial charge in [0.2, 0.25) is 10.0 Å². The Bertz CT molecular complexity index is 387. The SMILES string of the molecule is CC1(C)CN(S(=O)(=O)C2CCCC2)CC(CO)O1. The van der Waals surface area contributed by atoms with Gasteiger partial charge in [-0.25, -0.2) is 8.42 Å². The van der Waals surface area contributed by atoms with Gasteiger partial charge in [-0.05, 0) is 26.7 Å². The minimum Gasteiger partial charge on any atom is -0.394 e. The van der Waals surface area contributed by atoms with Crippen LogP contribution in [0.25, 0.3) is 0 Å². The lowest BCUT2D eigenvalue weighted by Gasteiger charge is -2.42. The quantitative estimate of drug-likeness (QED) is 0.826. The number of ether oxygens (including phenoxy) is 1. The highest BCUT2D eigenvalue weighted by atomic mass is 32.2. The van der Waals surface area contributed by atoms with E-state index in [1.165, 1.54) is 4.31 Å². The maximum atomic E-state index is 12.5. The van der Waals surface area contributed by atoms with E-state index in [-0.39, 0.29) is 18.4 Å². The Labute approximate surface area is 109 Å². The molecular weight excluding hydrogens is 254 g/mol. The van der Waals surface area contributed by atoms with Crippen molar-refractivity contribution in [1.29, 1.82) is 0 Å². The number of morpholine rings is 1. The first kappa shape index (κ1) is 14.2. The summed E-state index contributed by atoms with van der Waals surface area (Å²) in [6, 6.07) is 0. The van der Waals surface area contributed by atoms with Gasteiger partial charge in [0, 0.05) is 13.1 Å². The highest BCUT2D eigenvalue weighted by Gasteiger charge is 2.42. The van der Waals surface area contributed by atoms with E-state index in [1.807, 2.05) is 13.8 Å². The Morgan fingerprint density at radius 1 is 1.33 bits per heavy atom. The van der Waals surface area contributed by atoms with Crippen LogP contribution in [0.2, 0.25) is 0 Å². The summed E-state index contributed by atoms with van der Waals surface area (Å²) in [4.78, 5) is 0. The van der Waals surface area contributed by atoms with Crippen LogP contribution in [0.1, 0.15) is 39.5 Å². The van der Waals surface area contributed by atoms with E-state index in [9.17, 15) is 13.5 Å². The number of rotatable bonds is 3. The van der Waals surface area contributed by atoms with Crippen molar-refractivity contribution in [3.05, 3.63) is 0 Å². The molecule has 0 spiro atoms. The Morgan fingerprint density at radius 2 is 1.94 bits per heavy atom. The molecule has 0 amide bonds. The summed E-state index contributed by atoms with van der Waals surface area (Å²) in [5, 5.41) is 8.99. The summed E-state index contributed by atoms with van der Waals surface area (Å²) in [5.74, 6) is 0. The molecule has 2 rings (SSSR count). The number of hydrogen-bond acceptors (Lipinski definition) is 4. The Kier molecular flexibility index (Phi) is 4.02. The molecule has 1 saturated carbocycles. The van der Waals surface area contributed by atoms with Crippen LogP contribution in [0.5, 0.6) is 0 Å². The number of hydrogen-bond donors (Lipinski definition) is 1. The summed E-state index contributed by atoms with van der Waals surface area (Å²) in [6.07, 6.45) is 3.13. The van der Waals surface area contributed by atoms with Crippen LogP contribution in [0.3, 0.4) is 0 Å². The molecule has 0 aromatic heterocycles. The smallest absolute Gasteiger partial charge is 0.217 e. The van der Waals surface area contributed by atoms with Gasteiger partial charge in [-0.15, -0.1) is 0 Å². The number of aliphatic hydroxyl groups is 1. The zero-order valence-electron chi connectivity index (χ0n) is 11.1. The van der Waals surface area contributed by atoms with Crippen LogP contribution in [-0.4, -0.2) is 54.5 Å². The van der Waals surface area contributed by atoms with Crippen molar-refractivity contribution in [2.75, 3.05) is 19.7 Å². The lowest BCUT2D eigenvalue weighted by atomic mass is 10.1. The highest BCUT2D eigenvalue weighted by Crippen LogP contribution is 2.30. The molecule has 1 heterocycles. The third-order valence-corrected chi connectivity index (χ3v) is 6.05. The second-order valence-electron chi connectivity index (χ2n) is 5.93. The monoisotopic (exact) mass is 277 g/mol. The van der Waals surface area contributed by atoms with Gasteiger partial charge in [0.05, 0.1) is 23.6 Å². The van der Waals surface area contributed by atoms with E-state index in [0.29, 0.717) is 6.54 Å². The molecule has 1 saturated heterocycles. The third kappa shape index (κ3) is 2.87. The molecule has 1 aliphatic carbocycles. The van der Waals surface area contributed by atoms with E-state index in [1.54, 1.807) is 0 Å². The fourth-order valence-corrected chi connectivity index (χ4v) is 5.14. The van der Waals surface area contributed by atoms with Crippen LogP contribution in [0, 0.1) is 0 Å². The molecule has 6 heteroatoms. The molecule has 0 aromatic rings. The summed E-state index contributed by atoms with van der Waals surface area (Å²) in [7, 11) is -3.23. The molecule has 1 N–H and O–H groups in total. The van der Waals surface area contributed by atoms with Crippen molar-refractivity contribution in [1.82, 2.24) is 4.31 Å². The minimum absolute atomic E-state index is 0.139. The van der Waals surface area contributed by atoms with Gasteiger partial charge in [-0.1, -0.05) is 12.8 Å². The van der Waals surface area contributed by atoms with Gasteiger partial charge in [0.15, 0.2) is 0 Å². The summed E-state index contributed by atoms with van der Waals surface area (Å²) < 4.78 is 32.2. The molecule has 106 valence electrons. The number of nitrogens with zero attached hydrogens (tertiary/aromatic N) is 1. The average molecular weight is 277 g/mol. The van der Waals surface area contributed by atoms with E-state index in [2.05, 4.69) is 0 Å². The van der Waals surface area contributed by atoms with Crippen LogP contribution in [0.4, 0.5) is 0 Å². The molecule has 2 aliphatic rings. The first-order chi connectivity index (χ1) is 8.35. The molecule has 1 atom stereocenters. The normalized spacial score (nSPS) is 30.7. The van der Waals surface area contributed by atoms with E-state index < -0.39 is 21.7 Å². The molecule has 2 fully saturated rings. The second-order valence-corrected chi connectivity index (χ2v) is 8.14. The lowest BCUT2D eigenvalue weighted by molar-refractivity contribution is -0.131. The van der Waals surface area contributed by atoms with Crippen molar-refractivity contribution in [2.45, 2.75) is 56.5 Å². The fraction of sp³-hybridized carbons (Fsp3) is 1.00. The fourth-order valence-electron chi connectivity index (χ4n) is 2.93. The molecule has 1 aliphatic heterocycles. The average Bonchev–Trinajstić information content (AvgIpc) is 2.80. The largest absolute Gasteiger partial charge is 0.394 e. The van der Waals surface area contributed by atoms with Gasteiger partial charge >= 0.3 is 0 Å². The predicted octanol–water partition coefficient (Wildman–Crippen LogP) is 0.731. The van der Waals surface area contributed by atoms with E-state index in [4.69, 9.17) is 4.74 Å². The molecule has 0 radical (unpaired) electrons. The van der Waals surface area contributed by atoms with Gasteiger partial charge in [-0.3, -0.25) is 0 Å². The summed E-state index contributed by atoms with van der Waals surface area (Å²) >= 11 is 0. The van der Waals surface area contributed by atoms with Gasteiger partial charge in [0.25, 0.3) is 0 Å². The van der Waals surface area contributed by atoms with Crippen molar-refractivity contribution in [3.8, 4) is 0 Å². The maximum Gasteiger partial charge on any atom is 0.217 e. The first-order valence-electron chi connectivity index (χ1n) is 6.63. The van der Waals surface area contributed by atoms with Crippen LogP contribution in [-0.2, 0) is 14.8 Å². The number of sulfonamides is 1. The topological polar surface area (TPSA) is 66.8 Å². The number of aliphatic hydroxyl groups excluding tert-OH is 1. The van der Waals surface area contributed by atoms with Crippen molar-refractivity contribution in [3.63, 3.8) is 0 Å². The van der Waals surface area contributed by atoms with E-state index >= 15 is 0 Å². The highest BCUT2D eigenvalue weighted by molar-refractivity contribution is 7.89. The standard InChI is InChI=1S/C12H23NO4S/c1-12(2)9-13(7-10(8-14)17-12)18(15,16)11-5-3-4-6-11/h10-11,14H,3-9H2,1-2H3. The van der Waals surface area contributed by atoms with Gasteiger partial charge < -0.3 is 9.84 Å². The Balaban J connectivity index is 2.15. The molecule has 0 aromatic carbocycles. The molecule has 18 heavy (non-hydrogen) atoms. The van der Waals surface area contributed by atoms with Crippen molar-refractivity contribution < 1.29 is 18.3 Å². The lowest BCUT2D eigenvalue weighted by Crippen LogP contribution is -2.56. The minimum atomic E-state index is -3.23. The molecule has 1 unspecified atom stereocenters. The molecule has 5 nitrogen and oxygen atoms in total. The van der Waals surface area contributed by atoms with Gasteiger partial charge in [-0.2, -0.15) is 4.31 Å². The second kappa shape index (κ2) is 5.07. The first-order valence-corrected chi connectivity index (χ1v) is 8.13.